The van der Waals surface area contributed by atoms with Gasteiger partial charge in [0, 0.05) is 6.54 Å². The number of nitrogens with one attached hydrogen (secondary N) is 1. The molecule has 2 unspecified atom stereocenters. The van der Waals surface area contributed by atoms with E-state index >= 15 is 0 Å². The lowest BCUT2D eigenvalue weighted by atomic mass is 10.1. The van der Waals surface area contributed by atoms with Crippen molar-refractivity contribution in [2.24, 2.45) is 0 Å². The van der Waals surface area contributed by atoms with Crippen LogP contribution in [-0.2, 0) is 9.59 Å². The van der Waals surface area contributed by atoms with Crippen molar-refractivity contribution in [3.05, 3.63) is 6.92 Å². The Morgan fingerprint density at radius 2 is 1.86 bits per heavy atom. The van der Waals surface area contributed by atoms with E-state index in [-0.39, 0.29) is 13.0 Å². The van der Waals surface area contributed by atoms with Crippen LogP contribution >= 0.6 is 0 Å². The minimum Gasteiger partial charge on any atom is -0.388 e. The summed E-state index contributed by atoms with van der Waals surface area (Å²) < 4.78 is 0. The van der Waals surface area contributed by atoms with Gasteiger partial charge in [0.05, 0.1) is 0 Å². The highest BCUT2D eigenvalue weighted by Gasteiger charge is 2.28. The second-order valence-electron chi connectivity index (χ2n) is 2.59. The highest BCUT2D eigenvalue weighted by Crippen LogP contribution is 1.95. The monoisotopic (exact) mass is 203 g/mol. The minimum absolute atomic E-state index is 0.135. The van der Waals surface area contributed by atoms with Gasteiger partial charge in [-0.1, -0.05) is 0 Å². The number of Topliss-reactive ketones (excluding diaryl/α,β-unsaturated/α-hetero) is 1. The zero-order valence-electron chi connectivity index (χ0n) is 7.51. The van der Waals surface area contributed by atoms with Gasteiger partial charge in [0.25, 0.3) is 5.91 Å². The fraction of sp³-hybridized carbons (Fsp3) is 0.625. The summed E-state index contributed by atoms with van der Waals surface area (Å²) in [5, 5.41) is 28.6. The summed E-state index contributed by atoms with van der Waals surface area (Å²) in [7, 11) is 0. The highest BCUT2D eigenvalue weighted by molar-refractivity contribution is 5.92. The number of amides is 1. The maximum absolute atomic E-state index is 11.0. The largest absolute Gasteiger partial charge is 0.388 e. The predicted molar refractivity (Wildman–Crippen MR) is 46.0 cm³/mol. The van der Waals surface area contributed by atoms with Crippen LogP contribution in [0, 0.1) is 6.92 Å². The van der Waals surface area contributed by atoms with Gasteiger partial charge in [-0.3, -0.25) is 9.59 Å². The van der Waals surface area contributed by atoms with Gasteiger partial charge in [0.2, 0.25) is 0 Å². The standard InChI is InChI=1S/C8H13NO5/c1-2-3-9-8(14)7(13)6(12)5(11)4-10/h1,6-7,10,12-13H,2-4H2,(H,9,14). The Morgan fingerprint density at radius 3 is 2.29 bits per heavy atom. The fourth-order valence-corrected chi connectivity index (χ4v) is 0.713. The first kappa shape index (κ1) is 13.0. The molecule has 0 bridgehead atoms. The van der Waals surface area contributed by atoms with Gasteiger partial charge in [-0.25, -0.2) is 0 Å². The quantitative estimate of drug-likeness (QED) is 0.381. The average molecular weight is 203 g/mol. The maximum Gasteiger partial charge on any atom is 0.252 e. The van der Waals surface area contributed by atoms with Crippen LogP contribution in [0.5, 0.6) is 0 Å². The average Bonchev–Trinajstić information content (AvgIpc) is 2.22. The molecule has 2 atom stereocenters. The van der Waals surface area contributed by atoms with Gasteiger partial charge in [-0.15, -0.1) is 0 Å². The van der Waals surface area contributed by atoms with Crippen molar-refractivity contribution in [2.75, 3.05) is 13.2 Å². The number of ketones is 1. The number of carbonyl (C=O) groups excluding carboxylic acids is 2. The molecule has 0 saturated carbocycles. The van der Waals surface area contributed by atoms with Crippen LogP contribution in [0.1, 0.15) is 6.42 Å². The van der Waals surface area contributed by atoms with E-state index in [1.807, 2.05) is 0 Å². The number of aliphatic hydroxyl groups excluding tert-OH is 3. The molecule has 0 fully saturated rings. The summed E-state index contributed by atoms with van der Waals surface area (Å²) in [4.78, 5) is 21.6. The van der Waals surface area contributed by atoms with Crippen molar-refractivity contribution >= 4 is 11.7 Å². The van der Waals surface area contributed by atoms with Crippen molar-refractivity contribution < 1.29 is 24.9 Å². The van der Waals surface area contributed by atoms with Crippen LogP contribution in [0.2, 0.25) is 0 Å². The fourth-order valence-electron chi connectivity index (χ4n) is 0.713. The molecule has 0 aromatic heterocycles. The van der Waals surface area contributed by atoms with Crippen LogP contribution in [0.4, 0.5) is 0 Å². The molecular formula is C8H13NO5. The Hall–Kier alpha value is -0.980. The molecule has 0 aromatic rings. The van der Waals surface area contributed by atoms with Gasteiger partial charge in [0.1, 0.15) is 12.7 Å². The zero-order chi connectivity index (χ0) is 11.1. The molecule has 0 aliphatic rings. The van der Waals surface area contributed by atoms with Crippen LogP contribution in [0.15, 0.2) is 0 Å². The predicted octanol–water partition coefficient (Wildman–Crippen LogP) is -2.51. The Kier molecular flexibility index (Phi) is 6.02. The van der Waals surface area contributed by atoms with E-state index < -0.39 is 30.5 Å². The van der Waals surface area contributed by atoms with Crippen molar-refractivity contribution in [1.29, 1.82) is 0 Å². The molecule has 0 rings (SSSR count). The van der Waals surface area contributed by atoms with Crippen molar-refractivity contribution in [3.8, 4) is 0 Å². The van der Waals surface area contributed by atoms with Crippen LogP contribution in [-0.4, -0.2) is 52.4 Å². The van der Waals surface area contributed by atoms with Gasteiger partial charge in [-0.2, -0.15) is 0 Å². The third kappa shape index (κ3) is 3.82. The molecule has 0 aliphatic carbocycles. The van der Waals surface area contributed by atoms with Gasteiger partial charge >= 0.3 is 0 Å². The molecule has 0 saturated heterocycles. The van der Waals surface area contributed by atoms with E-state index in [2.05, 4.69) is 5.32 Å². The zero-order valence-corrected chi connectivity index (χ0v) is 7.51. The summed E-state index contributed by atoms with van der Waals surface area (Å²) >= 11 is 0. The molecule has 0 heterocycles. The summed E-state index contributed by atoms with van der Waals surface area (Å²) in [6.07, 6.45) is -3.60. The topological polar surface area (TPSA) is 107 Å². The van der Waals surface area contributed by atoms with E-state index in [1.165, 1.54) is 0 Å². The number of rotatable bonds is 6. The van der Waals surface area contributed by atoms with E-state index in [0.717, 1.165) is 0 Å². The SMILES string of the molecule is [CH]CCNC(=O)C(O)C(O)C(=O)CO. The Balaban J connectivity index is 4.10. The summed E-state index contributed by atoms with van der Waals surface area (Å²) in [6, 6.07) is 0. The third-order valence-corrected chi connectivity index (χ3v) is 1.50. The second kappa shape index (κ2) is 6.47. The van der Waals surface area contributed by atoms with Crippen LogP contribution in [0.25, 0.3) is 0 Å². The Labute approximate surface area is 81.5 Å². The number of hydrogen-bond donors (Lipinski definition) is 4. The molecule has 14 heavy (non-hydrogen) atoms. The van der Waals surface area contributed by atoms with Crippen LogP contribution in [0.3, 0.4) is 0 Å². The van der Waals surface area contributed by atoms with Crippen molar-refractivity contribution in [2.45, 2.75) is 18.6 Å². The van der Waals surface area contributed by atoms with Crippen molar-refractivity contribution in [1.82, 2.24) is 5.32 Å². The second-order valence-corrected chi connectivity index (χ2v) is 2.59. The van der Waals surface area contributed by atoms with Gasteiger partial charge in [-0.05, 0) is 13.3 Å². The normalized spacial score (nSPS) is 14.6. The summed E-state index contributed by atoms with van der Waals surface area (Å²) in [5.41, 5.74) is 0. The molecular weight excluding hydrogens is 190 g/mol. The molecule has 2 radical (unpaired) electrons. The first-order valence-electron chi connectivity index (χ1n) is 4.02. The molecule has 1 amide bonds. The molecule has 0 aromatic carbocycles. The lowest BCUT2D eigenvalue weighted by Gasteiger charge is -2.15. The molecule has 4 N–H and O–H groups in total. The third-order valence-electron chi connectivity index (χ3n) is 1.50. The molecule has 80 valence electrons. The Morgan fingerprint density at radius 1 is 1.29 bits per heavy atom. The molecule has 6 heteroatoms. The first-order chi connectivity index (χ1) is 6.54. The number of hydrogen-bond acceptors (Lipinski definition) is 5. The lowest BCUT2D eigenvalue weighted by molar-refractivity contribution is -0.146. The van der Waals surface area contributed by atoms with Crippen molar-refractivity contribution in [3.63, 3.8) is 0 Å². The molecule has 0 spiro atoms. The van der Waals surface area contributed by atoms with Gasteiger partial charge < -0.3 is 20.6 Å². The summed E-state index contributed by atoms with van der Waals surface area (Å²) in [5.74, 6) is -1.91. The molecule has 6 nitrogen and oxygen atoms in total. The minimum atomic E-state index is -1.90. The molecule has 0 aliphatic heterocycles. The van der Waals surface area contributed by atoms with E-state index in [0.29, 0.717) is 0 Å². The smallest absolute Gasteiger partial charge is 0.252 e. The van der Waals surface area contributed by atoms with Gasteiger partial charge in [0.15, 0.2) is 11.9 Å². The number of aliphatic hydroxyl groups is 3. The van der Waals surface area contributed by atoms with E-state index in [4.69, 9.17) is 22.2 Å². The lowest BCUT2D eigenvalue weighted by Crippen LogP contribution is -2.46. The maximum atomic E-state index is 11.0. The number of carbonyl (C=O) groups is 2. The highest BCUT2D eigenvalue weighted by atomic mass is 16.3. The Bertz CT molecular complexity index is 206. The van der Waals surface area contributed by atoms with E-state index in [9.17, 15) is 9.59 Å². The van der Waals surface area contributed by atoms with E-state index in [1.54, 1.807) is 0 Å². The first-order valence-corrected chi connectivity index (χ1v) is 4.02. The van der Waals surface area contributed by atoms with Crippen LogP contribution < -0.4 is 5.32 Å². The summed E-state index contributed by atoms with van der Waals surface area (Å²) in [6.45, 7) is 4.28.